The second-order valence-corrected chi connectivity index (χ2v) is 8.59. The van der Waals surface area contributed by atoms with Crippen LogP contribution in [-0.4, -0.2) is 40.7 Å². The molecule has 1 aromatic rings. The van der Waals surface area contributed by atoms with E-state index < -0.39 is 0 Å². The standard InChI is InChI=1S/C20H26N2O2S/c1-14-9-11-21(12-10-14)18-17(16-8-5-13-25-16)19(23)22(20(18)24)15-6-3-2-4-7-15/h5,8,13-15H,2-4,6-7,9-12H2,1H3. The maximum absolute atomic E-state index is 13.3. The number of hydrogen-bond acceptors (Lipinski definition) is 4. The van der Waals surface area contributed by atoms with E-state index in [-0.39, 0.29) is 17.9 Å². The third-order valence-electron chi connectivity index (χ3n) is 5.90. The molecule has 0 aromatic carbocycles. The van der Waals surface area contributed by atoms with Crippen molar-refractivity contribution in [2.24, 2.45) is 5.92 Å². The lowest BCUT2D eigenvalue weighted by atomic mass is 9.94. The Morgan fingerprint density at radius 2 is 1.72 bits per heavy atom. The summed E-state index contributed by atoms with van der Waals surface area (Å²) in [6.45, 7) is 4.02. The summed E-state index contributed by atoms with van der Waals surface area (Å²) in [5, 5.41) is 1.99. The molecule has 4 nitrogen and oxygen atoms in total. The Morgan fingerprint density at radius 3 is 2.36 bits per heavy atom. The monoisotopic (exact) mass is 358 g/mol. The van der Waals surface area contributed by atoms with Gasteiger partial charge in [0.05, 0.1) is 5.57 Å². The summed E-state index contributed by atoms with van der Waals surface area (Å²) in [5.74, 6) is 0.589. The summed E-state index contributed by atoms with van der Waals surface area (Å²) in [7, 11) is 0. The molecular formula is C20H26N2O2S. The molecular weight excluding hydrogens is 332 g/mol. The molecule has 0 atom stereocenters. The van der Waals surface area contributed by atoms with Crippen LogP contribution in [0.1, 0.15) is 56.7 Å². The lowest BCUT2D eigenvalue weighted by Crippen LogP contribution is -2.44. The Kier molecular flexibility index (Phi) is 4.67. The normalized spacial score (nSPS) is 23.9. The number of carbonyl (C=O) groups excluding carboxylic acids is 2. The molecule has 0 bridgehead atoms. The van der Waals surface area contributed by atoms with E-state index in [1.807, 2.05) is 17.5 Å². The summed E-state index contributed by atoms with van der Waals surface area (Å²) in [5.41, 5.74) is 1.32. The zero-order chi connectivity index (χ0) is 17.4. The van der Waals surface area contributed by atoms with Gasteiger partial charge in [0.15, 0.2) is 0 Å². The van der Waals surface area contributed by atoms with Gasteiger partial charge in [-0.05, 0) is 43.0 Å². The SMILES string of the molecule is CC1CCN(C2=C(c3cccs3)C(=O)N(C3CCCCC3)C2=O)CC1. The van der Waals surface area contributed by atoms with Crippen LogP contribution in [0.5, 0.6) is 0 Å². The van der Waals surface area contributed by atoms with Crippen molar-refractivity contribution in [1.29, 1.82) is 0 Å². The number of amides is 2. The molecule has 1 saturated carbocycles. The van der Waals surface area contributed by atoms with Gasteiger partial charge in [-0.1, -0.05) is 32.3 Å². The number of imide groups is 1. The molecule has 25 heavy (non-hydrogen) atoms. The third-order valence-corrected chi connectivity index (χ3v) is 6.79. The highest BCUT2D eigenvalue weighted by Crippen LogP contribution is 2.38. The average Bonchev–Trinajstić information content (AvgIpc) is 3.23. The topological polar surface area (TPSA) is 40.6 Å². The molecule has 3 heterocycles. The molecule has 134 valence electrons. The number of thiophene rings is 1. The number of carbonyl (C=O) groups is 2. The first-order valence-electron chi connectivity index (χ1n) is 9.58. The molecule has 2 amide bonds. The van der Waals surface area contributed by atoms with E-state index in [9.17, 15) is 9.59 Å². The van der Waals surface area contributed by atoms with Crippen LogP contribution in [0.4, 0.5) is 0 Å². The zero-order valence-corrected chi connectivity index (χ0v) is 15.7. The van der Waals surface area contributed by atoms with E-state index in [2.05, 4.69) is 11.8 Å². The number of hydrogen-bond donors (Lipinski definition) is 0. The van der Waals surface area contributed by atoms with E-state index in [1.54, 1.807) is 16.2 Å². The van der Waals surface area contributed by atoms with Gasteiger partial charge < -0.3 is 4.90 Å². The van der Waals surface area contributed by atoms with Gasteiger partial charge in [-0.2, -0.15) is 0 Å². The van der Waals surface area contributed by atoms with Crippen molar-refractivity contribution < 1.29 is 9.59 Å². The Labute approximate surface area is 153 Å². The Bertz CT molecular complexity index is 681. The van der Waals surface area contributed by atoms with Crippen molar-refractivity contribution in [2.45, 2.75) is 57.9 Å². The van der Waals surface area contributed by atoms with Crippen LogP contribution in [0, 0.1) is 5.92 Å². The number of rotatable bonds is 3. The quantitative estimate of drug-likeness (QED) is 0.770. The predicted molar refractivity (Wildman–Crippen MR) is 99.9 cm³/mol. The molecule has 3 aliphatic rings. The summed E-state index contributed by atoms with van der Waals surface area (Å²) in [4.78, 5) is 31.3. The van der Waals surface area contributed by atoms with Crippen LogP contribution in [-0.2, 0) is 9.59 Å². The Balaban J connectivity index is 1.70. The van der Waals surface area contributed by atoms with E-state index in [1.165, 1.54) is 6.42 Å². The van der Waals surface area contributed by atoms with E-state index in [0.29, 0.717) is 17.2 Å². The van der Waals surface area contributed by atoms with Gasteiger partial charge in [0, 0.05) is 24.0 Å². The molecule has 5 heteroatoms. The summed E-state index contributed by atoms with van der Waals surface area (Å²) in [6, 6.07) is 4.02. The third kappa shape index (κ3) is 3.03. The summed E-state index contributed by atoms with van der Waals surface area (Å²) >= 11 is 1.56. The molecule has 1 saturated heterocycles. The first-order chi connectivity index (χ1) is 12.2. The minimum absolute atomic E-state index is 0.0464. The summed E-state index contributed by atoms with van der Waals surface area (Å²) in [6.07, 6.45) is 7.55. The highest BCUT2D eigenvalue weighted by molar-refractivity contribution is 7.11. The fraction of sp³-hybridized carbons (Fsp3) is 0.600. The first kappa shape index (κ1) is 16.8. The smallest absolute Gasteiger partial charge is 0.278 e. The van der Waals surface area contributed by atoms with Crippen molar-refractivity contribution in [2.75, 3.05) is 13.1 Å². The predicted octanol–water partition coefficient (Wildman–Crippen LogP) is 3.89. The molecule has 2 fully saturated rings. The first-order valence-corrected chi connectivity index (χ1v) is 10.5. The number of likely N-dealkylation sites (tertiary alicyclic amines) is 1. The Morgan fingerprint density at radius 1 is 1.00 bits per heavy atom. The zero-order valence-electron chi connectivity index (χ0n) is 14.9. The average molecular weight is 359 g/mol. The van der Waals surface area contributed by atoms with Crippen LogP contribution in [0.25, 0.3) is 5.57 Å². The van der Waals surface area contributed by atoms with Gasteiger partial charge in [-0.3, -0.25) is 14.5 Å². The van der Waals surface area contributed by atoms with Gasteiger partial charge in [-0.15, -0.1) is 11.3 Å². The van der Waals surface area contributed by atoms with E-state index >= 15 is 0 Å². The van der Waals surface area contributed by atoms with E-state index in [4.69, 9.17) is 0 Å². The number of piperidine rings is 1. The minimum Gasteiger partial charge on any atom is -0.366 e. The van der Waals surface area contributed by atoms with Crippen LogP contribution in [0.3, 0.4) is 0 Å². The molecule has 0 spiro atoms. The highest BCUT2D eigenvalue weighted by atomic mass is 32.1. The van der Waals surface area contributed by atoms with Crippen LogP contribution in [0.15, 0.2) is 23.2 Å². The van der Waals surface area contributed by atoms with Crippen molar-refractivity contribution >= 4 is 28.7 Å². The van der Waals surface area contributed by atoms with Gasteiger partial charge in [0.25, 0.3) is 11.8 Å². The molecule has 0 unspecified atom stereocenters. The van der Waals surface area contributed by atoms with Gasteiger partial charge in [0.1, 0.15) is 5.70 Å². The lowest BCUT2D eigenvalue weighted by Gasteiger charge is -2.34. The fourth-order valence-corrected chi connectivity index (χ4v) is 5.14. The maximum Gasteiger partial charge on any atom is 0.278 e. The van der Waals surface area contributed by atoms with Gasteiger partial charge in [0.2, 0.25) is 0 Å². The molecule has 0 radical (unpaired) electrons. The molecule has 1 aromatic heterocycles. The largest absolute Gasteiger partial charge is 0.366 e. The summed E-state index contributed by atoms with van der Waals surface area (Å²) < 4.78 is 0. The molecule has 0 N–H and O–H groups in total. The molecule has 1 aliphatic carbocycles. The second kappa shape index (κ2) is 6.94. The van der Waals surface area contributed by atoms with E-state index in [0.717, 1.165) is 56.5 Å². The van der Waals surface area contributed by atoms with Gasteiger partial charge >= 0.3 is 0 Å². The van der Waals surface area contributed by atoms with Gasteiger partial charge in [-0.25, -0.2) is 0 Å². The van der Waals surface area contributed by atoms with Crippen molar-refractivity contribution in [3.8, 4) is 0 Å². The Hall–Kier alpha value is -1.62. The second-order valence-electron chi connectivity index (χ2n) is 7.64. The van der Waals surface area contributed by atoms with Crippen LogP contribution in [0.2, 0.25) is 0 Å². The minimum atomic E-state index is -0.0621. The van der Waals surface area contributed by atoms with Crippen LogP contribution < -0.4 is 0 Å². The highest BCUT2D eigenvalue weighted by Gasteiger charge is 2.45. The van der Waals surface area contributed by atoms with Crippen LogP contribution >= 0.6 is 11.3 Å². The number of nitrogens with zero attached hydrogens (tertiary/aromatic N) is 2. The molecule has 4 rings (SSSR count). The van der Waals surface area contributed by atoms with Crippen molar-refractivity contribution in [3.05, 3.63) is 28.1 Å². The van der Waals surface area contributed by atoms with Crippen molar-refractivity contribution in [1.82, 2.24) is 9.80 Å². The van der Waals surface area contributed by atoms with Crippen molar-refractivity contribution in [3.63, 3.8) is 0 Å². The fourth-order valence-electron chi connectivity index (χ4n) is 4.37. The maximum atomic E-state index is 13.3. The lowest BCUT2D eigenvalue weighted by molar-refractivity contribution is -0.141. The molecule has 2 aliphatic heterocycles.